The summed E-state index contributed by atoms with van der Waals surface area (Å²) >= 11 is 0. The van der Waals surface area contributed by atoms with Crippen LogP contribution in [-0.4, -0.2) is 180 Å². The monoisotopic (exact) mass is 919 g/mol. The predicted octanol–water partition coefficient (Wildman–Crippen LogP) is 3.82. The highest BCUT2D eigenvalue weighted by atomic mass is 16.7. The Bertz CT molecular complexity index is 1480. The van der Waals surface area contributed by atoms with E-state index in [1.54, 1.807) is 48.5 Å². The number of hydrogen-bond acceptors (Lipinski definition) is 17. The van der Waals surface area contributed by atoms with E-state index in [0.29, 0.717) is 25.8 Å². The van der Waals surface area contributed by atoms with Crippen LogP contribution >= 0.6 is 0 Å². The van der Waals surface area contributed by atoms with E-state index in [2.05, 4.69) is 0 Å². The summed E-state index contributed by atoms with van der Waals surface area (Å²) in [6, 6.07) is -0.986. The number of carbonyl (C=O) groups excluding carboxylic acids is 3. The van der Waals surface area contributed by atoms with Gasteiger partial charge in [-0.3, -0.25) is 14.4 Å². The molecule has 17 heteroatoms. The van der Waals surface area contributed by atoms with E-state index in [1.165, 1.54) is 14.2 Å². The number of methoxy groups -OCH3 is 2. The zero-order chi connectivity index (χ0) is 48.6. The molecule has 374 valence electrons. The van der Waals surface area contributed by atoms with Gasteiger partial charge in [0.15, 0.2) is 18.7 Å². The molecule has 3 heterocycles. The Morgan fingerprint density at radius 3 is 2.09 bits per heavy atom. The van der Waals surface area contributed by atoms with Crippen molar-refractivity contribution in [1.29, 1.82) is 0 Å². The standard InChI is InChI=1S/C47H86N2O15/c1-17-33-40(52)46(19-3,58-16)24-36(60-33)63-37-29(8)41(64-44-38(32(48(12)13)22-28(7)59-44)62-35(50)21-27(6)42(53)57-15)45(11,55)23-26(5)25-49(14)31(10)39(51)47(56,20-4)34(18-2)61-43(54)30(37)9/h26-34,36-41,44,51-52,55-56H,17-25H2,1-16H3/t26-,27+,28-,29+,30-,31-,32+,33+,34-,36+,37+,38-,39-,40+,41-,44+,45-,46-,47-/m1/s1. The van der Waals surface area contributed by atoms with Crippen molar-refractivity contribution in [3.05, 3.63) is 0 Å². The zero-order valence-corrected chi connectivity index (χ0v) is 41.8. The lowest BCUT2D eigenvalue weighted by Gasteiger charge is -2.50. The van der Waals surface area contributed by atoms with Gasteiger partial charge in [-0.05, 0) is 93.3 Å². The van der Waals surface area contributed by atoms with Gasteiger partial charge in [-0.1, -0.05) is 48.5 Å². The van der Waals surface area contributed by atoms with E-state index in [0.717, 1.165) is 0 Å². The van der Waals surface area contributed by atoms with Gasteiger partial charge in [0.2, 0.25) is 0 Å². The second kappa shape index (κ2) is 23.8. The normalized spacial score (nSPS) is 42.8. The molecule has 3 aliphatic rings. The summed E-state index contributed by atoms with van der Waals surface area (Å²) in [5, 5.41) is 48.4. The van der Waals surface area contributed by atoms with Gasteiger partial charge in [0.1, 0.15) is 29.5 Å². The molecule has 0 unspecified atom stereocenters. The lowest BCUT2D eigenvalue weighted by Crippen LogP contribution is -2.61. The van der Waals surface area contributed by atoms with Gasteiger partial charge < -0.3 is 68.1 Å². The van der Waals surface area contributed by atoms with Gasteiger partial charge in [-0.15, -0.1) is 0 Å². The topological polar surface area (TPSA) is 212 Å². The molecule has 3 aliphatic heterocycles. The van der Waals surface area contributed by atoms with Crippen molar-refractivity contribution in [1.82, 2.24) is 9.80 Å². The minimum absolute atomic E-state index is 0.0941. The van der Waals surface area contributed by atoms with Crippen LogP contribution in [0.4, 0.5) is 0 Å². The lowest BCUT2D eigenvalue weighted by molar-refractivity contribution is -0.322. The molecule has 3 fully saturated rings. The van der Waals surface area contributed by atoms with Gasteiger partial charge in [-0.2, -0.15) is 0 Å². The Kier molecular flexibility index (Phi) is 20.9. The lowest BCUT2D eigenvalue weighted by atomic mass is 9.77. The number of esters is 3. The first-order valence-electron chi connectivity index (χ1n) is 23.6. The van der Waals surface area contributed by atoms with Gasteiger partial charge in [0, 0.05) is 32.0 Å². The van der Waals surface area contributed by atoms with Crippen LogP contribution in [0.5, 0.6) is 0 Å². The quantitative estimate of drug-likeness (QED) is 0.144. The summed E-state index contributed by atoms with van der Waals surface area (Å²) in [5.74, 6) is -4.88. The first-order chi connectivity index (χ1) is 29.8. The maximum Gasteiger partial charge on any atom is 0.311 e. The molecule has 0 aromatic rings. The Balaban J connectivity index is 2.28. The first-order valence-corrected chi connectivity index (χ1v) is 23.6. The average molecular weight is 919 g/mol. The number of aliphatic hydroxyl groups is 4. The second-order valence-electron chi connectivity index (χ2n) is 19.7. The summed E-state index contributed by atoms with van der Waals surface area (Å²) in [7, 11) is 8.34. The minimum Gasteiger partial charge on any atom is -0.469 e. The number of carbonyl (C=O) groups is 3. The second-order valence-corrected chi connectivity index (χ2v) is 19.7. The van der Waals surface area contributed by atoms with Crippen LogP contribution in [0.3, 0.4) is 0 Å². The van der Waals surface area contributed by atoms with Gasteiger partial charge in [0.05, 0.1) is 61.4 Å². The van der Waals surface area contributed by atoms with Gasteiger partial charge >= 0.3 is 17.9 Å². The number of aliphatic hydroxyl groups excluding tert-OH is 2. The Morgan fingerprint density at radius 1 is 0.922 bits per heavy atom. The van der Waals surface area contributed by atoms with Gasteiger partial charge in [0.25, 0.3) is 0 Å². The van der Waals surface area contributed by atoms with E-state index in [1.807, 2.05) is 58.6 Å². The average Bonchev–Trinajstić information content (AvgIpc) is 3.24. The molecule has 64 heavy (non-hydrogen) atoms. The summed E-state index contributed by atoms with van der Waals surface area (Å²) in [6.45, 7) is 20.1. The summed E-state index contributed by atoms with van der Waals surface area (Å²) < 4.78 is 50.1. The SMILES string of the molecule is CC[C@@H]1O[C@@H](O[C@H]2[C@H](C)[C@@H](O[C@@H]3O[C@H](C)C[C@H](N(C)C)[C@H]3OC(=O)C[C@H](C)C(=O)OC)[C@](C)(O)C[C@@H](C)CN(C)[C@H](C)[C@@H](O)[C@@](O)(CC)[C@@H](CC)OC(=O)[C@@H]2C)C[C@@](CC)(OC)[C@H]1O. The Morgan fingerprint density at radius 2 is 1.56 bits per heavy atom. The Hall–Kier alpha value is -2.03. The number of cyclic esters (lactones) is 1. The van der Waals surface area contributed by atoms with Crippen LogP contribution in [0.15, 0.2) is 0 Å². The number of hydrogen-bond donors (Lipinski definition) is 4. The molecule has 0 amide bonds. The molecule has 19 atom stereocenters. The molecule has 0 saturated carbocycles. The fourth-order valence-electron chi connectivity index (χ4n) is 10.4. The van der Waals surface area contributed by atoms with Crippen molar-refractivity contribution >= 4 is 17.9 Å². The predicted molar refractivity (Wildman–Crippen MR) is 238 cm³/mol. The third-order valence-electron chi connectivity index (χ3n) is 14.6. The minimum atomic E-state index is -1.81. The van der Waals surface area contributed by atoms with Crippen molar-refractivity contribution in [2.24, 2.45) is 23.7 Å². The van der Waals surface area contributed by atoms with Crippen molar-refractivity contribution in [3.63, 3.8) is 0 Å². The maximum absolute atomic E-state index is 14.7. The van der Waals surface area contributed by atoms with Crippen LogP contribution < -0.4 is 0 Å². The molecular weight excluding hydrogens is 833 g/mol. The van der Waals surface area contributed by atoms with Crippen LogP contribution in [0.25, 0.3) is 0 Å². The Labute approximate surface area is 383 Å². The van der Waals surface area contributed by atoms with Crippen molar-refractivity contribution in [3.8, 4) is 0 Å². The molecule has 0 bridgehead atoms. The smallest absolute Gasteiger partial charge is 0.311 e. The number of nitrogens with zero attached hydrogens (tertiary/aromatic N) is 2. The van der Waals surface area contributed by atoms with Gasteiger partial charge in [-0.25, -0.2) is 0 Å². The summed E-state index contributed by atoms with van der Waals surface area (Å²) in [5.41, 5.74) is -4.52. The van der Waals surface area contributed by atoms with Crippen LogP contribution in [0.1, 0.15) is 128 Å². The number of ether oxygens (including phenoxy) is 8. The molecular formula is C47H86N2O15. The number of likely N-dealkylation sites (N-methyl/N-ethyl adjacent to an activating group) is 2. The van der Waals surface area contributed by atoms with Crippen molar-refractivity contribution in [2.75, 3.05) is 41.9 Å². The van der Waals surface area contributed by atoms with Crippen LogP contribution in [0, 0.1) is 23.7 Å². The van der Waals surface area contributed by atoms with Crippen LogP contribution in [0.2, 0.25) is 0 Å². The van der Waals surface area contributed by atoms with E-state index in [-0.39, 0.29) is 44.1 Å². The molecule has 3 saturated heterocycles. The zero-order valence-electron chi connectivity index (χ0n) is 41.8. The summed E-state index contributed by atoms with van der Waals surface area (Å²) in [4.78, 5) is 44.4. The van der Waals surface area contributed by atoms with E-state index in [9.17, 15) is 34.8 Å². The molecule has 17 nitrogen and oxygen atoms in total. The third-order valence-corrected chi connectivity index (χ3v) is 14.6. The largest absolute Gasteiger partial charge is 0.469 e. The highest BCUT2D eigenvalue weighted by Crippen LogP contribution is 2.42. The highest BCUT2D eigenvalue weighted by Gasteiger charge is 2.54. The molecule has 3 rings (SSSR count). The van der Waals surface area contributed by atoms with Crippen molar-refractivity contribution < 1.29 is 72.7 Å². The fraction of sp³-hybridized carbons (Fsp3) is 0.936. The molecule has 0 aromatic carbocycles. The third kappa shape index (κ3) is 12.9. The summed E-state index contributed by atoms with van der Waals surface area (Å²) in [6.07, 6.45) is -8.31. The molecule has 0 aromatic heterocycles. The fourth-order valence-corrected chi connectivity index (χ4v) is 10.4. The van der Waals surface area contributed by atoms with Crippen molar-refractivity contribution in [2.45, 2.75) is 218 Å². The molecule has 0 radical (unpaired) electrons. The maximum atomic E-state index is 14.7. The molecule has 4 N–H and O–H groups in total. The number of rotatable bonds is 14. The van der Waals surface area contributed by atoms with E-state index >= 15 is 0 Å². The van der Waals surface area contributed by atoms with E-state index < -0.39 is 120 Å². The first kappa shape index (κ1) is 56.3. The molecule has 0 spiro atoms. The molecule has 0 aliphatic carbocycles. The van der Waals surface area contributed by atoms with E-state index in [4.69, 9.17) is 37.9 Å². The highest BCUT2D eigenvalue weighted by molar-refractivity contribution is 5.79. The van der Waals surface area contributed by atoms with Crippen LogP contribution in [-0.2, 0) is 52.3 Å².